The first-order valence-electron chi connectivity index (χ1n) is 6.89. The molecule has 0 aliphatic carbocycles. The van der Waals surface area contributed by atoms with Gasteiger partial charge in [-0.2, -0.15) is 0 Å². The fourth-order valence-corrected chi connectivity index (χ4v) is 2.66. The van der Waals surface area contributed by atoms with Crippen molar-refractivity contribution in [1.82, 2.24) is 4.57 Å². The van der Waals surface area contributed by atoms with Crippen LogP contribution in [0.2, 0.25) is 0 Å². The second kappa shape index (κ2) is 5.49. The highest BCUT2D eigenvalue weighted by Crippen LogP contribution is 2.25. The highest BCUT2D eigenvalue weighted by atomic mass is 16.6. The zero-order valence-electron chi connectivity index (χ0n) is 12.2. The fraction of sp³-hybridized carbons (Fsp3) is 0.0588. The summed E-state index contributed by atoms with van der Waals surface area (Å²) in [7, 11) is 0. The summed E-state index contributed by atoms with van der Waals surface area (Å²) >= 11 is 0. The van der Waals surface area contributed by atoms with E-state index in [-0.39, 0.29) is 11.6 Å². The number of nitro groups is 1. The molecule has 2 aromatic carbocycles. The van der Waals surface area contributed by atoms with E-state index in [0.717, 1.165) is 6.29 Å². The van der Waals surface area contributed by atoms with Gasteiger partial charge in [0.25, 0.3) is 11.6 Å². The van der Waals surface area contributed by atoms with Gasteiger partial charge < -0.3 is 0 Å². The minimum absolute atomic E-state index is 0.0794. The van der Waals surface area contributed by atoms with E-state index in [0.29, 0.717) is 27.7 Å². The topological polar surface area (TPSA) is 82.2 Å². The number of nitrogens with zero attached hydrogens (tertiary/aromatic N) is 2. The molecule has 6 nitrogen and oxygen atoms in total. The Morgan fingerprint density at radius 3 is 2.39 bits per heavy atom. The molecule has 0 atom stereocenters. The van der Waals surface area contributed by atoms with Crippen molar-refractivity contribution in [2.45, 2.75) is 6.92 Å². The van der Waals surface area contributed by atoms with Gasteiger partial charge in [-0.05, 0) is 25.1 Å². The largest absolute Gasteiger partial charge is 0.298 e. The third-order valence-corrected chi connectivity index (χ3v) is 3.81. The van der Waals surface area contributed by atoms with Gasteiger partial charge in [0, 0.05) is 34.3 Å². The number of nitro benzene ring substituents is 1. The standard InChI is InChI=1S/C17H12N2O4/c1-11-15(10-20)14-4-2-3-5-16(14)18(11)17(21)12-6-8-13(9-7-12)19(22)23/h2-10H,1H3. The van der Waals surface area contributed by atoms with Crippen molar-refractivity contribution >= 4 is 28.8 Å². The first-order valence-corrected chi connectivity index (χ1v) is 6.89. The third-order valence-electron chi connectivity index (χ3n) is 3.81. The van der Waals surface area contributed by atoms with E-state index >= 15 is 0 Å². The van der Waals surface area contributed by atoms with Crippen LogP contribution in [0.15, 0.2) is 48.5 Å². The summed E-state index contributed by atoms with van der Waals surface area (Å²) in [5, 5.41) is 11.4. The minimum atomic E-state index is -0.519. The second-order valence-electron chi connectivity index (χ2n) is 5.08. The summed E-state index contributed by atoms with van der Waals surface area (Å²) in [5.41, 5.74) is 1.89. The molecule has 0 bridgehead atoms. The first-order chi connectivity index (χ1) is 11.0. The Morgan fingerprint density at radius 1 is 1.13 bits per heavy atom. The van der Waals surface area contributed by atoms with E-state index in [2.05, 4.69) is 0 Å². The van der Waals surface area contributed by atoms with Crippen LogP contribution in [0.5, 0.6) is 0 Å². The van der Waals surface area contributed by atoms with E-state index in [1.165, 1.54) is 28.8 Å². The zero-order valence-corrected chi connectivity index (χ0v) is 12.2. The van der Waals surface area contributed by atoms with Crippen LogP contribution in [0, 0.1) is 17.0 Å². The molecule has 0 N–H and O–H groups in total. The fourth-order valence-electron chi connectivity index (χ4n) is 2.66. The quantitative estimate of drug-likeness (QED) is 0.422. The molecule has 23 heavy (non-hydrogen) atoms. The van der Waals surface area contributed by atoms with Gasteiger partial charge in [0.2, 0.25) is 0 Å². The van der Waals surface area contributed by atoms with Crippen LogP contribution in [0.25, 0.3) is 10.9 Å². The summed E-state index contributed by atoms with van der Waals surface area (Å²) in [4.78, 5) is 34.3. The summed E-state index contributed by atoms with van der Waals surface area (Å²) in [6.07, 6.45) is 0.733. The van der Waals surface area contributed by atoms with E-state index < -0.39 is 4.92 Å². The molecule has 0 saturated heterocycles. The number of carbonyl (C=O) groups excluding carboxylic acids is 2. The first kappa shape index (κ1) is 14.6. The summed E-state index contributed by atoms with van der Waals surface area (Å²) in [6.45, 7) is 1.70. The predicted octanol–water partition coefficient (Wildman–Crippen LogP) is 3.36. The molecule has 0 radical (unpaired) electrons. The number of carbonyl (C=O) groups is 2. The second-order valence-corrected chi connectivity index (χ2v) is 5.08. The van der Waals surface area contributed by atoms with E-state index in [1.807, 2.05) is 0 Å². The Kier molecular flexibility index (Phi) is 3.50. The van der Waals surface area contributed by atoms with Gasteiger partial charge in [-0.25, -0.2) is 0 Å². The van der Waals surface area contributed by atoms with Crippen LogP contribution in [0.1, 0.15) is 26.4 Å². The SMILES string of the molecule is Cc1c(C=O)c2ccccc2n1C(=O)c1ccc([N+](=O)[O-])cc1. The molecule has 0 aliphatic rings. The van der Waals surface area contributed by atoms with Crippen molar-refractivity contribution in [2.75, 3.05) is 0 Å². The van der Waals surface area contributed by atoms with Gasteiger partial charge in [-0.15, -0.1) is 0 Å². The predicted molar refractivity (Wildman–Crippen MR) is 84.9 cm³/mol. The Balaban J connectivity index is 2.16. The zero-order chi connectivity index (χ0) is 16.6. The molecule has 3 rings (SSSR count). The Bertz CT molecular complexity index is 939. The molecule has 0 amide bonds. The van der Waals surface area contributed by atoms with E-state index in [1.54, 1.807) is 31.2 Å². The number of fused-ring (bicyclic) bond motifs is 1. The Labute approximate surface area is 131 Å². The average molecular weight is 308 g/mol. The van der Waals surface area contributed by atoms with Gasteiger partial charge in [-0.1, -0.05) is 18.2 Å². The molecule has 3 aromatic rings. The van der Waals surface area contributed by atoms with Crippen LogP contribution < -0.4 is 0 Å². The van der Waals surface area contributed by atoms with Crippen LogP contribution in [-0.2, 0) is 0 Å². The molecular formula is C17H12N2O4. The van der Waals surface area contributed by atoms with Crippen LogP contribution in [0.4, 0.5) is 5.69 Å². The molecule has 1 heterocycles. The Morgan fingerprint density at radius 2 is 1.78 bits per heavy atom. The molecule has 0 unspecified atom stereocenters. The summed E-state index contributed by atoms with van der Waals surface area (Å²) in [5.74, 6) is -0.332. The van der Waals surface area contributed by atoms with Crippen molar-refractivity contribution in [1.29, 1.82) is 0 Å². The number of hydrogen-bond donors (Lipinski definition) is 0. The normalized spacial score (nSPS) is 10.7. The maximum absolute atomic E-state index is 12.8. The van der Waals surface area contributed by atoms with E-state index in [4.69, 9.17) is 0 Å². The van der Waals surface area contributed by atoms with Gasteiger partial charge in [0.1, 0.15) is 0 Å². The molecule has 1 aromatic heterocycles. The molecule has 0 aliphatic heterocycles. The van der Waals surface area contributed by atoms with E-state index in [9.17, 15) is 19.7 Å². The van der Waals surface area contributed by atoms with Crippen molar-refractivity contribution in [3.63, 3.8) is 0 Å². The minimum Gasteiger partial charge on any atom is -0.298 e. The molecule has 0 fully saturated rings. The van der Waals surface area contributed by atoms with Crippen molar-refractivity contribution in [3.8, 4) is 0 Å². The molecule has 114 valence electrons. The summed E-state index contributed by atoms with van der Waals surface area (Å²) in [6, 6.07) is 12.5. The lowest BCUT2D eigenvalue weighted by atomic mass is 10.1. The lowest BCUT2D eigenvalue weighted by Gasteiger charge is -2.07. The lowest BCUT2D eigenvalue weighted by Crippen LogP contribution is -2.13. The van der Waals surface area contributed by atoms with Gasteiger partial charge in [0.15, 0.2) is 6.29 Å². The average Bonchev–Trinajstić information content (AvgIpc) is 2.85. The highest BCUT2D eigenvalue weighted by Gasteiger charge is 2.19. The number of non-ortho nitro benzene ring substituents is 1. The van der Waals surface area contributed by atoms with Crippen LogP contribution >= 0.6 is 0 Å². The number of hydrogen-bond acceptors (Lipinski definition) is 4. The van der Waals surface area contributed by atoms with Crippen LogP contribution in [-0.4, -0.2) is 21.7 Å². The number of para-hydroxylation sites is 1. The smallest absolute Gasteiger partial charge is 0.269 e. The molecular weight excluding hydrogens is 296 g/mol. The number of aldehydes is 1. The van der Waals surface area contributed by atoms with Crippen molar-refractivity contribution in [3.05, 3.63) is 75.5 Å². The monoisotopic (exact) mass is 308 g/mol. The Hall–Kier alpha value is -3.28. The molecule has 0 saturated carbocycles. The molecule has 6 heteroatoms. The third kappa shape index (κ3) is 2.30. The van der Waals surface area contributed by atoms with Crippen molar-refractivity contribution in [2.24, 2.45) is 0 Å². The maximum atomic E-state index is 12.8. The number of aromatic nitrogens is 1. The van der Waals surface area contributed by atoms with Gasteiger partial charge in [-0.3, -0.25) is 24.3 Å². The van der Waals surface area contributed by atoms with Crippen LogP contribution in [0.3, 0.4) is 0 Å². The highest BCUT2D eigenvalue weighted by molar-refractivity contribution is 6.08. The lowest BCUT2D eigenvalue weighted by molar-refractivity contribution is -0.384. The maximum Gasteiger partial charge on any atom is 0.269 e. The van der Waals surface area contributed by atoms with Crippen molar-refractivity contribution < 1.29 is 14.5 Å². The summed E-state index contributed by atoms with van der Waals surface area (Å²) < 4.78 is 1.46. The number of benzene rings is 2. The van der Waals surface area contributed by atoms with Gasteiger partial charge in [0.05, 0.1) is 10.4 Å². The van der Waals surface area contributed by atoms with Gasteiger partial charge >= 0.3 is 0 Å². The number of rotatable bonds is 3. The molecule has 0 spiro atoms.